The number of hydrogen-bond donors (Lipinski definition) is 1. The van der Waals surface area contributed by atoms with Crippen molar-refractivity contribution in [2.75, 3.05) is 13.2 Å². The summed E-state index contributed by atoms with van der Waals surface area (Å²) in [5.74, 6) is 0.220. The van der Waals surface area contributed by atoms with E-state index in [2.05, 4.69) is 22.6 Å². The molecule has 5 heteroatoms. The van der Waals surface area contributed by atoms with Crippen molar-refractivity contribution in [3.63, 3.8) is 0 Å². The first-order valence-electron chi connectivity index (χ1n) is 7.59. The number of rotatable bonds is 4. The topological polar surface area (TPSA) is 64.4 Å². The summed E-state index contributed by atoms with van der Waals surface area (Å²) in [5.41, 5.74) is 3.22. The van der Waals surface area contributed by atoms with Gasteiger partial charge >= 0.3 is 0 Å². The molecule has 1 atom stereocenters. The van der Waals surface area contributed by atoms with Crippen molar-refractivity contribution < 1.29 is 14.1 Å². The fourth-order valence-electron chi connectivity index (χ4n) is 2.59. The zero-order valence-corrected chi connectivity index (χ0v) is 12.8. The lowest BCUT2D eigenvalue weighted by atomic mass is 9.97. The van der Waals surface area contributed by atoms with Crippen LogP contribution in [0.1, 0.15) is 53.2 Å². The predicted molar refractivity (Wildman–Crippen MR) is 81.8 cm³/mol. The van der Waals surface area contributed by atoms with Gasteiger partial charge < -0.3 is 14.6 Å². The van der Waals surface area contributed by atoms with Gasteiger partial charge in [0.2, 0.25) is 5.76 Å². The maximum atomic E-state index is 12.1. The van der Waals surface area contributed by atoms with Gasteiger partial charge in [0.15, 0.2) is 0 Å². The number of benzene rings is 1. The first-order chi connectivity index (χ1) is 10.6. The van der Waals surface area contributed by atoms with Crippen LogP contribution in [-0.4, -0.2) is 24.2 Å². The molecule has 1 aliphatic rings. The molecule has 1 aromatic heterocycles. The number of aromatic nitrogens is 1. The van der Waals surface area contributed by atoms with E-state index in [1.807, 2.05) is 26.0 Å². The summed E-state index contributed by atoms with van der Waals surface area (Å²) in [5, 5.41) is 6.76. The Balaban J connectivity index is 1.64. The molecule has 0 fully saturated rings. The number of nitrogens with one attached hydrogen (secondary N) is 1. The highest BCUT2D eigenvalue weighted by molar-refractivity contribution is 5.91. The summed E-state index contributed by atoms with van der Waals surface area (Å²) >= 11 is 0. The number of hydrogen-bond acceptors (Lipinski definition) is 4. The van der Waals surface area contributed by atoms with Crippen LogP contribution in [0.5, 0.6) is 0 Å². The monoisotopic (exact) mass is 300 g/mol. The largest absolute Gasteiger partial charge is 0.371 e. The summed E-state index contributed by atoms with van der Waals surface area (Å²) in [7, 11) is 0. The Morgan fingerprint density at radius 3 is 3.00 bits per heavy atom. The van der Waals surface area contributed by atoms with Gasteiger partial charge in [-0.2, -0.15) is 0 Å². The molecule has 2 aromatic rings. The van der Waals surface area contributed by atoms with Crippen LogP contribution in [0.2, 0.25) is 0 Å². The number of ether oxygens (including phenoxy) is 1. The predicted octanol–water partition coefficient (Wildman–Crippen LogP) is 2.84. The highest BCUT2D eigenvalue weighted by atomic mass is 16.5. The Bertz CT molecular complexity index is 663. The lowest BCUT2D eigenvalue weighted by molar-refractivity contribution is 0.0406. The summed E-state index contributed by atoms with van der Waals surface area (Å²) in [6.07, 6.45) is 0.807. The molecule has 0 saturated heterocycles. The molecule has 1 amide bonds. The second kappa shape index (κ2) is 6.32. The molecule has 116 valence electrons. The first kappa shape index (κ1) is 14.8. The number of amides is 1. The molecule has 0 saturated carbocycles. The molecule has 3 rings (SSSR count). The normalized spacial score (nSPS) is 17.3. The minimum atomic E-state index is -0.258. The number of carbonyl (C=O) groups is 1. The van der Waals surface area contributed by atoms with Crippen LogP contribution in [0.15, 0.2) is 34.9 Å². The molecule has 0 unspecified atom stereocenters. The number of fused-ring (bicyclic) bond motifs is 1. The first-order valence-corrected chi connectivity index (χ1v) is 7.59. The molecular weight excluding hydrogens is 280 g/mol. The van der Waals surface area contributed by atoms with Crippen LogP contribution in [0.3, 0.4) is 0 Å². The van der Waals surface area contributed by atoms with Crippen molar-refractivity contribution in [2.45, 2.75) is 32.3 Å². The third-order valence-electron chi connectivity index (χ3n) is 3.88. The molecule has 0 radical (unpaired) electrons. The van der Waals surface area contributed by atoms with Gasteiger partial charge in [-0.15, -0.1) is 0 Å². The van der Waals surface area contributed by atoms with Crippen LogP contribution in [0, 0.1) is 0 Å². The summed E-state index contributed by atoms with van der Waals surface area (Å²) in [4.78, 5) is 12.1. The fourth-order valence-corrected chi connectivity index (χ4v) is 2.59. The lowest BCUT2D eigenvalue weighted by Gasteiger charge is -2.26. The molecular formula is C17H20N2O3. The highest BCUT2D eigenvalue weighted by Gasteiger charge is 2.22. The molecule has 22 heavy (non-hydrogen) atoms. The molecule has 1 aliphatic heterocycles. The molecule has 0 spiro atoms. The van der Waals surface area contributed by atoms with E-state index in [1.165, 1.54) is 5.56 Å². The molecule has 0 aliphatic carbocycles. The van der Waals surface area contributed by atoms with Gasteiger partial charge in [-0.1, -0.05) is 43.3 Å². The van der Waals surface area contributed by atoms with Crippen LogP contribution >= 0.6 is 0 Å². The van der Waals surface area contributed by atoms with Crippen molar-refractivity contribution in [3.8, 4) is 0 Å². The van der Waals surface area contributed by atoms with Gasteiger partial charge in [-0.3, -0.25) is 4.79 Å². The van der Waals surface area contributed by atoms with Gasteiger partial charge in [0.25, 0.3) is 5.91 Å². The second-order valence-electron chi connectivity index (χ2n) is 5.79. The Labute approximate surface area is 129 Å². The Morgan fingerprint density at radius 1 is 1.41 bits per heavy atom. The minimum Gasteiger partial charge on any atom is -0.371 e. The Hall–Kier alpha value is -2.14. The molecule has 2 heterocycles. The quantitative estimate of drug-likeness (QED) is 0.943. The molecule has 1 N–H and O–H groups in total. The van der Waals surface area contributed by atoms with E-state index in [4.69, 9.17) is 9.26 Å². The van der Waals surface area contributed by atoms with E-state index in [0.717, 1.165) is 17.7 Å². The smallest absolute Gasteiger partial charge is 0.290 e. The summed E-state index contributed by atoms with van der Waals surface area (Å²) in [6, 6.07) is 9.87. The van der Waals surface area contributed by atoms with Crippen molar-refractivity contribution in [3.05, 3.63) is 52.9 Å². The highest BCUT2D eigenvalue weighted by Crippen LogP contribution is 2.26. The van der Waals surface area contributed by atoms with Crippen LogP contribution < -0.4 is 5.32 Å². The van der Waals surface area contributed by atoms with Gasteiger partial charge in [-0.25, -0.2) is 0 Å². The molecule has 1 aromatic carbocycles. The average molecular weight is 300 g/mol. The van der Waals surface area contributed by atoms with E-state index < -0.39 is 0 Å². The third-order valence-corrected chi connectivity index (χ3v) is 3.88. The average Bonchev–Trinajstić information content (AvgIpc) is 3.03. The number of nitrogens with zero attached hydrogens (tertiary/aromatic N) is 1. The van der Waals surface area contributed by atoms with Gasteiger partial charge in [0.05, 0.1) is 12.3 Å². The van der Waals surface area contributed by atoms with E-state index in [0.29, 0.717) is 13.2 Å². The maximum absolute atomic E-state index is 12.1. The van der Waals surface area contributed by atoms with E-state index in [1.54, 1.807) is 6.07 Å². The summed E-state index contributed by atoms with van der Waals surface area (Å²) < 4.78 is 10.9. The van der Waals surface area contributed by atoms with E-state index in [-0.39, 0.29) is 23.7 Å². The van der Waals surface area contributed by atoms with E-state index in [9.17, 15) is 4.79 Å². The maximum Gasteiger partial charge on any atom is 0.290 e. The lowest BCUT2D eigenvalue weighted by Crippen LogP contribution is -2.31. The van der Waals surface area contributed by atoms with Gasteiger partial charge in [0, 0.05) is 12.6 Å². The number of carbonyl (C=O) groups excluding carboxylic acids is 1. The van der Waals surface area contributed by atoms with Crippen molar-refractivity contribution >= 4 is 5.91 Å². The van der Waals surface area contributed by atoms with Crippen molar-refractivity contribution in [1.29, 1.82) is 0 Å². The summed E-state index contributed by atoms with van der Waals surface area (Å²) in [6.45, 7) is 5.11. The molecule has 0 bridgehead atoms. The van der Waals surface area contributed by atoms with Crippen LogP contribution in [0.4, 0.5) is 0 Å². The zero-order chi connectivity index (χ0) is 15.5. The fraction of sp³-hybridized carbons (Fsp3) is 0.412. The van der Waals surface area contributed by atoms with E-state index >= 15 is 0 Å². The van der Waals surface area contributed by atoms with Crippen molar-refractivity contribution in [1.82, 2.24) is 10.5 Å². The van der Waals surface area contributed by atoms with Crippen LogP contribution in [0.25, 0.3) is 0 Å². The molecule has 5 nitrogen and oxygen atoms in total. The second-order valence-corrected chi connectivity index (χ2v) is 5.79. The van der Waals surface area contributed by atoms with Crippen molar-refractivity contribution in [2.24, 2.45) is 0 Å². The van der Waals surface area contributed by atoms with Gasteiger partial charge in [-0.05, 0) is 23.5 Å². The van der Waals surface area contributed by atoms with Gasteiger partial charge in [0.1, 0.15) is 6.10 Å². The van der Waals surface area contributed by atoms with Crippen LogP contribution in [-0.2, 0) is 11.2 Å². The minimum absolute atomic E-state index is 0.110. The third kappa shape index (κ3) is 3.04. The SMILES string of the molecule is CC(C)c1cc(C(=O)NC[C@H]2OCCc3ccccc32)on1. The Morgan fingerprint density at radius 2 is 2.23 bits per heavy atom. The zero-order valence-electron chi connectivity index (χ0n) is 12.8. The Kier molecular flexibility index (Phi) is 4.24. The standard InChI is InChI=1S/C17H20N2O3/c1-11(2)14-9-15(22-19-14)17(20)18-10-16-13-6-4-3-5-12(13)7-8-21-16/h3-6,9,11,16H,7-8,10H2,1-2H3,(H,18,20)/t16-/m1/s1.